The number of thiocarbonyl (C=S) groups is 1. The van der Waals surface area contributed by atoms with Gasteiger partial charge in [0, 0.05) is 22.6 Å². The van der Waals surface area contributed by atoms with Crippen LogP contribution in [0.15, 0.2) is 54.1 Å². The fourth-order valence-electron chi connectivity index (χ4n) is 4.21. The predicted molar refractivity (Wildman–Crippen MR) is 132 cm³/mol. The van der Waals surface area contributed by atoms with Gasteiger partial charge in [-0.2, -0.15) is 0 Å². The third-order valence-corrected chi connectivity index (χ3v) is 6.18. The molecule has 34 heavy (non-hydrogen) atoms. The largest absolute Gasteiger partial charge is 0.545 e. The Bertz CT molecular complexity index is 1420. The molecule has 1 saturated heterocycles. The first-order chi connectivity index (χ1) is 16.1. The van der Waals surface area contributed by atoms with Crippen molar-refractivity contribution < 1.29 is 19.5 Å². The Hall–Kier alpha value is -4.04. The van der Waals surface area contributed by atoms with Gasteiger partial charge in [0.2, 0.25) is 0 Å². The van der Waals surface area contributed by atoms with Crippen molar-refractivity contribution in [2.24, 2.45) is 0 Å². The smallest absolute Gasteiger partial charge is 0.270 e. The van der Waals surface area contributed by atoms with E-state index in [2.05, 4.69) is 5.32 Å². The molecule has 2 aromatic carbocycles. The van der Waals surface area contributed by atoms with Crippen molar-refractivity contribution in [2.45, 2.75) is 27.7 Å². The van der Waals surface area contributed by atoms with Gasteiger partial charge in [0.25, 0.3) is 11.8 Å². The summed E-state index contributed by atoms with van der Waals surface area (Å²) >= 11 is 5.27. The van der Waals surface area contributed by atoms with Crippen LogP contribution in [0.4, 0.5) is 5.69 Å². The fourth-order valence-corrected chi connectivity index (χ4v) is 4.49. The van der Waals surface area contributed by atoms with Crippen LogP contribution in [0.25, 0.3) is 11.8 Å². The summed E-state index contributed by atoms with van der Waals surface area (Å²) in [6.07, 6.45) is 1.54. The molecule has 1 fully saturated rings. The number of anilines is 1. The third kappa shape index (κ3) is 3.92. The van der Waals surface area contributed by atoms with Crippen LogP contribution in [0, 0.1) is 27.7 Å². The van der Waals surface area contributed by atoms with Crippen LogP contribution >= 0.6 is 12.2 Å². The molecule has 1 aliphatic heterocycles. The molecule has 7 nitrogen and oxygen atoms in total. The summed E-state index contributed by atoms with van der Waals surface area (Å²) in [5, 5.41) is 14.1. The highest BCUT2D eigenvalue weighted by Crippen LogP contribution is 2.28. The van der Waals surface area contributed by atoms with Gasteiger partial charge in [-0.1, -0.05) is 24.3 Å². The van der Waals surface area contributed by atoms with Crippen molar-refractivity contribution in [3.05, 3.63) is 87.7 Å². The highest BCUT2D eigenvalue weighted by atomic mass is 32.1. The van der Waals surface area contributed by atoms with Gasteiger partial charge in [-0.15, -0.1) is 0 Å². The number of carboxylic acids is 1. The molecule has 172 valence electrons. The first-order valence-electron chi connectivity index (χ1n) is 10.6. The van der Waals surface area contributed by atoms with Crippen molar-refractivity contribution in [3.63, 3.8) is 0 Å². The van der Waals surface area contributed by atoms with Gasteiger partial charge >= 0.3 is 0 Å². The van der Waals surface area contributed by atoms with E-state index in [1.54, 1.807) is 25.1 Å². The van der Waals surface area contributed by atoms with Crippen LogP contribution in [0.5, 0.6) is 0 Å². The summed E-state index contributed by atoms with van der Waals surface area (Å²) in [6.45, 7) is 7.34. The molecule has 0 bridgehead atoms. The van der Waals surface area contributed by atoms with Crippen molar-refractivity contribution in [1.29, 1.82) is 0 Å². The second-order valence-corrected chi connectivity index (χ2v) is 8.58. The van der Waals surface area contributed by atoms with Gasteiger partial charge in [0.1, 0.15) is 5.57 Å². The number of amides is 2. The van der Waals surface area contributed by atoms with Crippen LogP contribution < -0.4 is 15.3 Å². The number of carbonyl (C=O) groups is 3. The lowest BCUT2D eigenvalue weighted by atomic mass is 10.1. The maximum absolute atomic E-state index is 13.3. The number of carboxylic acid groups (broad SMARTS) is 1. The monoisotopic (exact) mass is 472 g/mol. The normalized spacial score (nSPS) is 15.1. The minimum Gasteiger partial charge on any atom is -0.545 e. The lowest BCUT2D eigenvalue weighted by Gasteiger charge is -2.29. The maximum Gasteiger partial charge on any atom is 0.270 e. The Labute approximate surface area is 202 Å². The Morgan fingerprint density at radius 1 is 1.03 bits per heavy atom. The standard InChI is InChI=1S/C26H23N3O4S/c1-14-7-5-8-19(11-14)29-24(31)21(23(30)27-26(29)34)13-18-12-15(2)28(17(18)4)22-10-6-9-20(16(22)3)25(32)33/h5-13H,1-4H3,(H,32,33)(H,27,30,34)/p-1/b21-13-. The topological polar surface area (TPSA) is 94.5 Å². The van der Waals surface area contributed by atoms with E-state index in [4.69, 9.17) is 12.2 Å². The van der Waals surface area contributed by atoms with Crippen LogP contribution in [-0.2, 0) is 9.59 Å². The molecule has 3 aromatic rings. The SMILES string of the molecule is Cc1cccc(N2C(=O)/C(=C\c3cc(C)n(-c4cccc(C(=O)[O-])c4C)c3C)C(=O)NC2=S)c1. The van der Waals surface area contributed by atoms with Gasteiger partial charge in [-0.25, -0.2) is 0 Å². The fraction of sp³-hybridized carbons (Fsp3) is 0.154. The lowest BCUT2D eigenvalue weighted by molar-refractivity contribution is -0.255. The zero-order valence-corrected chi connectivity index (χ0v) is 19.9. The molecular formula is C26H22N3O4S-. The molecule has 1 aromatic heterocycles. The summed E-state index contributed by atoms with van der Waals surface area (Å²) < 4.78 is 1.89. The average Bonchev–Trinajstić information content (AvgIpc) is 3.04. The Balaban J connectivity index is 1.80. The number of nitrogens with one attached hydrogen (secondary N) is 1. The Morgan fingerprint density at radius 3 is 2.41 bits per heavy atom. The number of rotatable bonds is 4. The minimum atomic E-state index is -1.25. The first-order valence-corrected chi connectivity index (χ1v) is 11.0. The quantitative estimate of drug-likeness (QED) is 0.358. The van der Waals surface area contributed by atoms with Gasteiger partial charge in [-0.05, 0) is 86.9 Å². The van der Waals surface area contributed by atoms with Gasteiger partial charge in [0.15, 0.2) is 5.11 Å². The first kappa shape index (κ1) is 23.1. The molecule has 0 atom stereocenters. The number of nitrogens with zero attached hydrogens (tertiary/aromatic N) is 2. The molecule has 0 aliphatic carbocycles. The van der Waals surface area contributed by atoms with E-state index in [1.165, 1.54) is 11.0 Å². The van der Waals surface area contributed by atoms with E-state index >= 15 is 0 Å². The van der Waals surface area contributed by atoms with Crippen LogP contribution in [0.3, 0.4) is 0 Å². The van der Waals surface area contributed by atoms with Crippen LogP contribution in [-0.4, -0.2) is 27.5 Å². The van der Waals surface area contributed by atoms with Gasteiger partial charge < -0.3 is 14.5 Å². The molecule has 4 rings (SSSR count). The number of aromatic nitrogens is 1. The number of hydrogen-bond donors (Lipinski definition) is 1. The maximum atomic E-state index is 13.3. The predicted octanol–water partition coefficient (Wildman–Crippen LogP) is 2.91. The van der Waals surface area contributed by atoms with E-state index in [0.29, 0.717) is 22.5 Å². The minimum absolute atomic E-state index is 0.0259. The van der Waals surface area contributed by atoms with E-state index in [-0.39, 0.29) is 16.2 Å². The zero-order chi connectivity index (χ0) is 24.7. The van der Waals surface area contributed by atoms with Crippen molar-refractivity contribution in [1.82, 2.24) is 9.88 Å². The number of carbonyl (C=O) groups excluding carboxylic acids is 3. The molecular weight excluding hydrogens is 450 g/mol. The van der Waals surface area contributed by atoms with E-state index in [1.807, 2.05) is 55.7 Å². The summed E-state index contributed by atoms with van der Waals surface area (Å²) in [5.74, 6) is -2.33. The second kappa shape index (κ2) is 8.72. The summed E-state index contributed by atoms with van der Waals surface area (Å²) in [4.78, 5) is 38.8. The molecule has 1 N–H and O–H groups in total. The summed E-state index contributed by atoms with van der Waals surface area (Å²) in [7, 11) is 0. The van der Waals surface area contributed by atoms with Crippen molar-refractivity contribution in [3.8, 4) is 5.69 Å². The summed E-state index contributed by atoms with van der Waals surface area (Å²) in [6, 6.07) is 14.1. The van der Waals surface area contributed by atoms with Crippen molar-refractivity contribution in [2.75, 3.05) is 4.90 Å². The van der Waals surface area contributed by atoms with Crippen LogP contribution in [0.2, 0.25) is 0 Å². The highest BCUT2D eigenvalue weighted by Gasteiger charge is 2.34. The molecule has 0 saturated carbocycles. The third-order valence-electron chi connectivity index (χ3n) is 5.90. The second-order valence-electron chi connectivity index (χ2n) is 8.20. The zero-order valence-electron chi connectivity index (χ0n) is 19.1. The Kier molecular flexibility index (Phi) is 5.93. The van der Waals surface area contributed by atoms with E-state index in [9.17, 15) is 19.5 Å². The molecule has 1 aliphatic rings. The molecule has 2 heterocycles. The number of aromatic carboxylic acids is 1. The highest BCUT2D eigenvalue weighted by molar-refractivity contribution is 7.80. The van der Waals surface area contributed by atoms with Crippen molar-refractivity contribution >= 4 is 46.9 Å². The number of hydrogen-bond acceptors (Lipinski definition) is 5. The Morgan fingerprint density at radius 2 is 1.74 bits per heavy atom. The molecule has 2 amide bonds. The average molecular weight is 473 g/mol. The number of aryl methyl sites for hydroxylation is 2. The summed E-state index contributed by atoms with van der Waals surface area (Å²) in [5.41, 5.74) is 5.05. The van der Waals surface area contributed by atoms with Gasteiger partial charge in [0.05, 0.1) is 11.7 Å². The molecule has 0 radical (unpaired) electrons. The molecule has 0 unspecified atom stereocenters. The van der Waals surface area contributed by atoms with E-state index < -0.39 is 17.8 Å². The van der Waals surface area contributed by atoms with Gasteiger partial charge in [-0.3, -0.25) is 19.8 Å². The molecule has 8 heteroatoms. The van der Waals surface area contributed by atoms with E-state index in [0.717, 1.165) is 17.0 Å². The molecule has 0 spiro atoms. The lowest BCUT2D eigenvalue weighted by Crippen LogP contribution is -2.54. The number of benzene rings is 2. The van der Waals surface area contributed by atoms with Crippen LogP contribution in [0.1, 0.15) is 38.4 Å².